The van der Waals surface area contributed by atoms with Gasteiger partial charge in [0.05, 0.1) is 19.3 Å². The van der Waals surface area contributed by atoms with E-state index in [2.05, 4.69) is 15.2 Å². The lowest BCUT2D eigenvalue weighted by Crippen LogP contribution is -2.36. The van der Waals surface area contributed by atoms with E-state index in [1.54, 1.807) is 34.7 Å². The number of hydrogen-bond acceptors (Lipinski definition) is 6. The summed E-state index contributed by atoms with van der Waals surface area (Å²) < 4.78 is 25.2. The maximum absolute atomic E-state index is 14.6. The Balaban J connectivity index is 2.00. The fourth-order valence-corrected chi connectivity index (χ4v) is 2.76. The van der Waals surface area contributed by atoms with Gasteiger partial charge in [0.1, 0.15) is 23.0 Å². The zero-order valence-corrected chi connectivity index (χ0v) is 17.2. The summed E-state index contributed by atoms with van der Waals surface area (Å²) in [6.45, 7) is 8.09. The largest absolute Gasteiger partial charge is 0.444 e. The van der Waals surface area contributed by atoms with Gasteiger partial charge in [-0.3, -0.25) is 0 Å². The number of hydrogen-bond donors (Lipinski definition) is 0. The highest BCUT2D eigenvalue weighted by molar-refractivity contribution is 6.29. The van der Waals surface area contributed by atoms with E-state index in [-0.39, 0.29) is 16.8 Å². The molecule has 1 aliphatic rings. The summed E-state index contributed by atoms with van der Waals surface area (Å²) in [7, 11) is 1.60. The van der Waals surface area contributed by atoms with Crippen molar-refractivity contribution in [3.8, 4) is 11.3 Å². The molecule has 0 bridgehead atoms. The maximum atomic E-state index is 14.6. The minimum Gasteiger partial charge on any atom is -0.444 e. The van der Waals surface area contributed by atoms with Crippen molar-refractivity contribution in [2.45, 2.75) is 45.4 Å². The first-order chi connectivity index (χ1) is 13.1. The van der Waals surface area contributed by atoms with Crippen molar-refractivity contribution < 1.29 is 18.7 Å². The van der Waals surface area contributed by atoms with Crippen LogP contribution in [-0.2, 0) is 9.47 Å². The van der Waals surface area contributed by atoms with Crippen molar-refractivity contribution >= 4 is 17.7 Å². The van der Waals surface area contributed by atoms with Gasteiger partial charge < -0.3 is 14.4 Å². The van der Waals surface area contributed by atoms with Crippen LogP contribution in [0.4, 0.5) is 9.18 Å². The fraction of sp³-hybridized carbons (Fsp3) is 0.556. The number of nitrogens with zero attached hydrogens (tertiary/aromatic N) is 5. The Hall–Kier alpha value is -2.26. The van der Waals surface area contributed by atoms with Crippen LogP contribution in [0.5, 0.6) is 0 Å². The van der Waals surface area contributed by atoms with Crippen molar-refractivity contribution in [2.24, 2.45) is 0 Å². The lowest BCUT2D eigenvalue weighted by Gasteiger charge is -2.28. The number of pyridine rings is 1. The lowest BCUT2D eigenvalue weighted by atomic mass is 10.1. The molecule has 10 heteroatoms. The third-order valence-electron chi connectivity index (χ3n) is 4.36. The van der Waals surface area contributed by atoms with Crippen LogP contribution < -0.4 is 0 Å². The van der Waals surface area contributed by atoms with Crippen molar-refractivity contribution in [1.82, 2.24) is 24.9 Å². The van der Waals surface area contributed by atoms with Crippen molar-refractivity contribution in [1.29, 1.82) is 0 Å². The summed E-state index contributed by atoms with van der Waals surface area (Å²) in [6.07, 6.45) is 0.888. The molecule has 2 aromatic rings. The monoisotopic (exact) mass is 411 g/mol. The predicted octanol–water partition coefficient (Wildman–Crippen LogP) is 3.63. The molecule has 0 radical (unpaired) electrons. The van der Waals surface area contributed by atoms with E-state index in [0.717, 1.165) is 0 Å². The van der Waals surface area contributed by atoms with Gasteiger partial charge >= 0.3 is 6.09 Å². The van der Waals surface area contributed by atoms with Gasteiger partial charge in [0.25, 0.3) is 0 Å². The molecule has 1 atom stereocenters. The van der Waals surface area contributed by atoms with Gasteiger partial charge in [0, 0.05) is 18.8 Å². The normalized spacial score (nSPS) is 15.8. The van der Waals surface area contributed by atoms with Crippen molar-refractivity contribution in [3.63, 3.8) is 0 Å². The molecule has 0 saturated carbocycles. The lowest BCUT2D eigenvalue weighted by molar-refractivity contribution is -0.0350. The van der Waals surface area contributed by atoms with Gasteiger partial charge in [-0.1, -0.05) is 11.6 Å². The van der Waals surface area contributed by atoms with Crippen LogP contribution in [0.2, 0.25) is 5.15 Å². The molecule has 2 aromatic heterocycles. The van der Waals surface area contributed by atoms with Crippen LogP contribution >= 0.6 is 11.6 Å². The van der Waals surface area contributed by atoms with Crippen LogP contribution in [0.3, 0.4) is 0 Å². The summed E-state index contributed by atoms with van der Waals surface area (Å²) in [6, 6.07) is 0.925. The first-order valence-corrected chi connectivity index (χ1v) is 9.27. The maximum Gasteiger partial charge on any atom is 0.410 e. The Kier molecular flexibility index (Phi) is 5.58. The molecule has 3 rings (SSSR count). The molecular weight excluding hydrogens is 389 g/mol. The van der Waals surface area contributed by atoms with Crippen LogP contribution in [0, 0.1) is 5.82 Å². The molecule has 28 heavy (non-hydrogen) atoms. The Morgan fingerprint density at radius 1 is 1.43 bits per heavy atom. The van der Waals surface area contributed by atoms with Crippen LogP contribution in [0.15, 0.2) is 12.3 Å². The molecular formula is C18H23ClFN5O3. The summed E-state index contributed by atoms with van der Waals surface area (Å²) in [5.41, 5.74) is 0.267. The van der Waals surface area contributed by atoms with Crippen LogP contribution in [0.25, 0.3) is 11.3 Å². The first-order valence-electron chi connectivity index (χ1n) is 8.89. The molecule has 1 aliphatic heterocycles. The fourth-order valence-electron chi connectivity index (χ4n) is 2.60. The molecule has 0 spiro atoms. The first kappa shape index (κ1) is 20.5. The summed E-state index contributed by atoms with van der Waals surface area (Å²) >= 11 is 5.84. The van der Waals surface area contributed by atoms with E-state index in [1.807, 2.05) is 0 Å². The number of halogens is 2. The molecule has 1 amide bonds. The number of aromatic nitrogens is 4. The summed E-state index contributed by atoms with van der Waals surface area (Å²) in [5.74, 6) is -0.686. The van der Waals surface area contributed by atoms with Crippen molar-refractivity contribution in [3.05, 3.63) is 28.9 Å². The second-order valence-corrected chi connectivity index (χ2v) is 8.03. The third-order valence-corrected chi connectivity index (χ3v) is 4.63. The molecule has 152 valence electrons. The summed E-state index contributed by atoms with van der Waals surface area (Å²) in [4.78, 5) is 19.1. The van der Waals surface area contributed by atoms with Gasteiger partial charge in [-0.2, -0.15) is 15.0 Å². The highest BCUT2D eigenvalue weighted by atomic mass is 35.5. The molecule has 3 heterocycles. The third kappa shape index (κ3) is 4.10. The van der Waals surface area contributed by atoms with Crippen LogP contribution in [-0.4, -0.2) is 56.8 Å². The number of carbonyl (C=O) groups is 1. The topological polar surface area (TPSA) is 82.4 Å². The number of carbonyl (C=O) groups excluding carboxylic acids is 1. The minimum atomic E-state index is -0.686. The van der Waals surface area contributed by atoms with Gasteiger partial charge in [0.2, 0.25) is 0 Å². The summed E-state index contributed by atoms with van der Waals surface area (Å²) in [5, 5.41) is 8.74. The zero-order chi connectivity index (χ0) is 20.6. The van der Waals surface area contributed by atoms with Gasteiger partial charge in [-0.15, -0.1) is 0 Å². The SMILES string of the molecule is CC(c1nn(C2COC2)nc1-c1ccnc(Cl)c1F)N(C)C(=O)OC(C)(C)C. The molecule has 1 saturated heterocycles. The Morgan fingerprint density at radius 2 is 2.11 bits per heavy atom. The average molecular weight is 412 g/mol. The van der Waals surface area contributed by atoms with E-state index in [9.17, 15) is 9.18 Å². The van der Waals surface area contributed by atoms with Crippen molar-refractivity contribution in [2.75, 3.05) is 20.3 Å². The Morgan fingerprint density at radius 3 is 2.68 bits per heavy atom. The van der Waals surface area contributed by atoms with E-state index < -0.39 is 23.6 Å². The second-order valence-electron chi connectivity index (χ2n) is 7.68. The highest BCUT2D eigenvalue weighted by Gasteiger charge is 2.32. The van der Waals surface area contributed by atoms with Crippen LogP contribution in [0.1, 0.15) is 45.5 Å². The average Bonchev–Trinajstić information content (AvgIpc) is 2.97. The molecule has 0 N–H and O–H groups in total. The standard InChI is InChI=1S/C18H23ClFN5O3/c1-10(24(5)17(26)28-18(2,3)4)14-15(12-6-7-21-16(19)13(12)20)23-25(22-14)11-8-27-9-11/h6-7,10-11H,8-9H2,1-5H3. The predicted molar refractivity (Wildman–Crippen MR) is 100 cm³/mol. The number of amides is 1. The molecule has 1 fully saturated rings. The van der Waals surface area contributed by atoms with Gasteiger partial charge in [0.15, 0.2) is 11.0 Å². The minimum absolute atomic E-state index is 0.0353. The number of ether oxygens (including phenoxy) is 2. The smallest absolute Gasteiger partial charge is 0.410 e. The van der Waals surface area contributed by atoms with E-state index >= 15 is 0 Å². The second kappa shape index (κ2) is 7.63. The zero-order valence-electron chi connectivity index (χ0n) is 16.4. The molecule has 8 nitrogen and oxygen atoms in total. The Labute approximate surface area is 167 Å². The number of rotatable bonds is 4. The van der Waals surface area contributed by atoms with Gasteiger partial charge in [-0.25, -0.2) is 14.2 Å². The highest BCUT2D eigenvalue weighted by Crippen LogP contribution is 2.33. The quantitative estimate of drug-likeness (QED) is 0.714. The van der Waals surface area contributed by atoms with E-state index in [1.165, 1.54) is 22.0 Å². The molecule has 1 unspecified atom stereocenters. The molecule has 0 aromatic carbocycles. The van der Waals surface area contributed by atoms with Gasteiger partial charge in [-0.05, 0) is 33.8 Å². The van der Waals surface area contributed by atoms with E-state index in [0.29, 0.717) is 24.6 Å². The van der Waals surface area contributed by atoms with E-state index in [4.69, 9.17) is 21.1 Å². The Bertz CT molecular complexity index is 879. The molecule has 0 aliphatic carbocycles.